The molecule has 4 aromatic rings. The monoisotopic (exact) mass is 351 g/mol. The number of rotatable bonds is 5. The third kappa shape index (κ3) is 3.32. The van der Waals surface area contributed by atoms with E-state index >= 15 is 0 Å². The molecule has 0 unspecified atom stereocenters. The lowest BCUT2D eigenvalue weighted by Crippen LogP contribution is -2.02. The van der Waals surface area contributed by atoms with Crippen LogP contribution in [-0.4, -0.2) is 15.0 Å². The normalized spacial score (nSPS) is 11.0. The van der Waals surface area contributed by atoms with E-state index in [0.29, 0.717) is 34.5 Å². The van der Waals surface area contributed by atoms with Crippen molar-refractivity contribution >= 4 is 11.0 Å². The number of benzene rings is 2. The second-order valence-electron chi connectivity index (χ2n) is 5.73. The molecule has 0 atom stereocenters. The van der Waals surface area contributed by atoms with Gasteiger partial charge in [-0.3, -0.25) is 4.79 Å². The lowest BCUT2D eigenvalue weighted by molar-refractivity contribution is 0.301. The molecule has 26 heavy (non-hydrogen) atoms. The number of hydrogen-bond donors (Lipinski definition) is 0. The van der Waals surface area contributed by atoms with E-state index in [1.165, 1.54) is 18.4 Å². The minimum Gasteiger partial charge on any atom is -0.487 e. The molecule has 0 spiro atoms. The predicted octanol–water partition coefficient (Wildman–Crippen LogP) is 3.15. The minimum atomic E-state index is -0.279. The summed E-state index contributed by atoms with van der Waals surface area (Å²) in [4.78, 5) is 11.7. The van der Waals surface area contributed by atoms with Crippen molar-refractivity contribution in [3.05, 3.63) is 88.3 Å². The van der Waals surface area contributed by atoms with Gasteiger partial charge in [-0.15, -0.1) is 5.10 Å². The van der Waals surface area contributed by atoms with Gasteiger partial charge in [0.25, 0.3) is 0 Å². The van der Waals surface area contributed by atoms with Crippen LogP contribution in [0.4, 0.5) is 4.39 Å². The Morgan fingerprint density at radius 1 is 1.15 bits per heavy atom. The third-order valence-electron chi connectivity index (χ3n) is 3.90. The summed E-state index contributed by atoms with van der Waals surface area (Å²) in [5, 5.41) is 8.51. The van der Waals surface area contributed by atoms with Gasteiger partial charge in [0.05, 0.1) is 24.4 Å². The standard InChI is InChI=1S/C19H14FN3O3/c20-17-4-2-1-3-13(17)10-23-11-14(21-22-23)12-26-15-5-6-16-18(24)7-8-25-19(16)9-15/h1-9,11H,10,12H2. The molecule has 130 valence electrons. The Bertz CT molecular complexity index is 1120. The van der Waals surface area contributed by atoms with Gasteiger partial charge in [0, 0.05) is 17.7 Å². The molecule has 0 aliphatic heterocycles. The number of aromatic nitrogens is 3. The average Bonchev–Trinajstić information content (AvgIpc) is 3.09. The Balaban J connectivity index is 1.45. The predicted molar refractivity (Wildman–Crippen MR) is 92.3 cm³/mol. The van der Waals surface area contributed by atoms with Crippen molar-refractivity contribution in [3.8, 4) is 5.75 Å². The quantitative estimate of drug-likeness (QED) is 0.552. The highest BCUT2D eigenvalue weighted by molar-refractivity contribution is 5.77. The Morgan fingerprint density at radius 2 is 2.04 bits per heavy atom. The summed E-state index contributed by atoms with van der Waals surface area (Å²) < 4.78 is 26.2. The number of ether oxygens (including phenoxy) is 1. The molecule has 4 rings (SSSR count). The third-order valence-corrected chi connectivity index (χ3v) is 3.90. The van der Waals surface area contributed by atoms with Crippen molar-refractivity contribution in [2.45, 2.75) is 13.2 Å². The lowest BCUT2D eigenvalue weighted by atomic mass is 10.2. The van der Waals surface area contributed by atoms with E-state index in [2.05, 4.69) is 10.3 Å². The second-order valence-corrected chi connectivity index (χ2v) is 5.73. The van der Waals surface area contributed by atoms with Gasteiger partial charge in [-0.05, 0) is 18.2 Å². The van der Waals surface area contributed by atoms with E-state index < -0.39 is 0 Å². The molecule has 6 nitrogen and oxygen atoms in total. The van der Waals surface area contributed by atoms with Gasteiger partial charge in [0.15, 0.2) is 5.43 Å². The average molecular weight is 351 g/mol. The van der Waals surface area contributed by atoms with Crippen LogP contribution in [0.5, 0.6) is 5.75 Å². The van der Waals surface area contributed by atoms with Crippen molar-refractivity contribution in [3.63, 3.8) is 0 Å². The van der Waals surface area contributed by atoms with Gasteiger partial charge in [-0.25, -0.2) is 9.07 Å². The topological polar surface area (TPSA) is 70.2 Å². The van der Waals surface area contributed by atoms with Crippen LogP contribution in [0.3, 0.4) is 0 Å². The van der Waals surface area contributed by atoms with E-state index in [1.807, 2.05) is 0 Å². The molecular formula is C19H14FN3O3. The van der Waals surface area contributed by atoms with E-state index in [9.17, 15) is 9.18 Å². The molecule has 0 radical (unpaired) electrons. The first kappa shape index (κ1) is 16.0. The maximum atomic E-state index is 13.7. The first-order valence-electron chi connectivity index (χ1n) is 7.96. The number of halogens is 1. The number of fused-ring (bicyclic) bond motifs is 1. The molecule has 0 saturated carbocycles. The summed E-state index contributed by atoms with van der Waals surface area (Å²) in [6.07, 6.45) is 3.05. The zero-order chi connectivity index (χ0) is 17.9. The number of nitrogens with zero attached hydrogens (tertiary/aromatic N) is 3. The lowest BCUT2D eigenvalue weighted by Gasteiger charge is -2.04. The first-order valence-corrected chi connectivity index (χ1v) is 7.96. The molecule has 0 fully saturated rings. The molecule has 0 aliphatic rings. The Morgan fingerprint density at radius 3 is 2.92 bits per heavy atom. The van der Waals surface area contributed by atoms with Gasteiger partial charge in [0.1, 0.15) is 29.5 Å². The van der Waals surface area contributed by atoms with Crippen molar-refractivity contribution in [1.82, 2.24) is 15.0 Å². The van der Waals surface area contributed by atoms with E-state index in [0.717, 1.165) is 0 Å². The molecule has 2 aromatic heterocycles. The van der Waals surface area contributed by atoms with Gasteiger partial charge in [-0.1, -0.05) is 23.4 Å². The van der Waals surface area contributed by atoms with Gasteiger partial charge in [0.2, 0.25) is 0 Å². The van der Waals surface area contributed by atoms with Crippen molar-refractivity contribution < 1.29 is 13.5 Å². The summed E-state index contributed by atoms with van der Waals surface area (Å²) in [5.41, 5.74) is 1.50. The highest BCUT2D eigenvalue weighted by Gasteiger charge is 2.07. The van der Waals surface area contributed by atoms with E-state index in [-0.39, 0.29) is 17.9 Å². The Hall–Kier alpha value is -3.48. The summed E-state index contributed by atoms with van der Waals surface area (Å²) >= 11 is 0. The molecule has 0 N–H and O–H groups in total. The highest BCUT2D eigenvalue weighted by Crippen LogP contribution is 2.19. The van der Waals surface area contributed by atoms with Crippen LogP contribution in [-0.2, 0) is 13.2 Å². The highest BCUT2D eigenvalue weighted by atomic mass is 19.1. The van der Waals surface area contributed by atoms with Crippen LogP contribution in [0.2, 0.25) is 0 Å². The molecule has 0 bridgehead atoms. The zero-order valence-electron chi connectivity index (χ0n) is 13.6. The first-order chi connectivity index (χ1) is 12.7. The summed E-state index contributed by atoms with van der Waals surface area (Å²) in [6, 6.07) is 12.9. The summed E-state index contributed by atoms with van der Waals surface area (Å²) in [5.74, 6) is 0.272. The number of hydrogen-bond acceptors (Lipinski definition) is 5. The zero-order valence-corrected chi connectivity index (χ0v) is 13.6. The van der Waals surface area contributed by atoms with Gasteiger partial charge >= 0.3 is 0 Å². The van der Waals surface area contributed by atoms with Crippen LogP contribution in [0.1, 0.15) is 11.3 Å². The maximum Gasteiger partial charge on any atom is 0.192 e. The molecule has 2 aromatic carbocycles. The fourth-order valence-corrected chi connectivity index (χ4v) is 2.59. The maximum absolute atomic E-state index is 13.7. The molecule has 0 saturated heterocycles. The van der Waals surface area contributed by atoms with E-state index in [4.69, 9.17) is 9.15 Å². The SMILES string of the molecule is O=c1ccoc2cc(OCc3cn(Cc4ccccc4F)nn3)ccc12. The molecule has 7 heteroatoms. The van der Waals surface area contributed by atoms with Crippen LogP contribution in [0.25, 0.3) is 11.0 Å². The van der Waals surface area contributed by atoms with Crippen molar-refractivity contribution in [2.75, 3.05) is 0 Å². The van der Waals surface area contributed by atoms with Crippen LogP contribution < -0.4 is 10.2 Å². The minimum absolute atomic E-state index is 0.103. The van der Waals surface area contributed by atoms with E-state index in [1.54, 1.807) is 47.3 Å². The molecule has 0 aliphatic carbocycles. The summed E-state index contributed by atoms with van der Waals surface area (Å²) in [6.45, 7) is 0.487. The second kappa shape index (κ2) is 6.79. The van der Waals surface area contributed by atoms with Gasteiger partial charge < -0.3 is 9.15 Å². The Labute approximate surface area is 147 Å². The van der Waals surface area contributed by atoms with Crippen LogP contribution in [0, 0.1) is 5.82 Å². The smallest absolute Gasteiger partial charge is 0.192 e. The fourth-order valence-electron chi connectivity index (χ4n) is 2.59. The van der Waals surface area contributed by atoms with Gasteiger partial charge in [-0.2, -0.15) is 0 Å². The molecule has 2 heterocycles. The molecule has 0 amide bonds. The fraction of sp³-hybridized carbons (Fsp3) is 0.105. The summed E-state index contributed by atoms with van der Waals surface area (Å²) in [7, 11) is 0. The van der Waals surface area contributed by atoms with Crippen molar-refractivity contribution in [2.24, 2.45) is 0 Å². The van der Waals surface area contributed by atoms with Crippen LogP contribution >= 0.6 is 0 Å². The van der Waals surface area contributed by atoms with Crippen LogP contribution in [0.15, 0.2) is 70.2 Å². The van der Waals surface area contributed by atoms with Crippen molar-refractivity contribution in [1.29, 1.82) is 0 Å². The molecular weight excluding hydrogens is 337 g/mol. The largest absolute Gasteiger partial charge is 0.487 e. The Kier molecular flexibility index (Phi) is 4.18.